The molecule has 1 unspecified atom stereocenters. The van der Waals surface area contributed by atoms with Gasteiger partial charge in [-0.15, -0.1) is 11.7 Å². The molecule has 0 spiro atoms. The minimum Gasteiger partial charge on any atom is -0.308 e. The van der Waals surface area contributed by atoms with Crippen molar-refractivity contribution < 1.29 is 0 Å². The molecule has 0 amide bonds. The van der Waals surface area contributed by atoms with Gasteiger partial charge in [-0.3, -0.25) is 4.68 Å². The van der Waals surface area contributed by atoms with Crippen LogP contribution in [0.5, 0.6) is 0 Å². The Balaban J connectivity index is 2.66. The van der Waals surface area contributed by atoms with Gasteiger partial charge in [-0.1, -0.05) is 18.2 Å². The van der Waals surface area contributed by atoms with Crippen LogP contribution < -0.4 is 5.32 Å². The van der Waals surface area contributed by atoms with E-state index in [0.29, 0.717) is 0 Å². The zero-order chi connectivity index (χ0) is 10.4. The first-order valence-corrected chi connectivity index (χ1v) is 4.98. The largest absolute Gasteiger partial charge is 0.308 e. The second-order valence-corrected chi connectivity index (χ2v) is 3.31. The zero-order valence-electron chi connectivity index (χ0n) is 8.90. The Kier molecular flexibility index (Phi) is 4.32. The van der Waals surface area contributed by atoms with Crippen molar-refractivity contribution in [1.82, 2.24) is 20.3 Å². The van der Waals surface area contributed by atoms with Gasteiger partial charge in [0.15, 0.2) is 0 Å². The van der Waals surface area contributed by atoms with E-state index in [4.69, 9.17) is 0 Å². The number of aromatic nitrogens is 3. The molecule has 0 saturated heterocycles. The second kappa shape index (κ2) is 5.54. The van der Waals surface area contributed by atoms with E-state index < -0.39 is 0 Å². The minimum atomic E-state index is 0.285. The first kappa shape index (κ1) is 10.9. The lowest BCUT2D eigenvalue weighted by Crippen LogP contribution is -2.23. The van der Waals surface area contributed by atoms with Crippen LogP contribution >= 0.6 is 0 Å². The molecule has 14 heavy (non-hydrogen) atoms. The van der Waals surface area contributed by atoms with Gasteiger partial charge in [-0.2, -0.15) is 0 Å². The van der Waals surface area contributed by atoms with Gasteiger partial charge in [0.25, 0.3) is 0 Å². The van der Waals surface area contributed by atoms with Crippen molar-refractivity contribution in [2.75, 3.05) is 6.54 Å². The molecule has 0 saturated carbocycles. The molecule has 78 valence electrons. The summed E-state index contributed by atoms with van der Waals surface area (Å²) in [4.78, 5) is 0. The molecular formula is C10H18N4. The SMILES string of the molecule is C=CCC(NCCC)c1cnnn1C. The van der Waals surface area contributed by atoms with Gasteiger partial charge < -0.3 is 5.32 Å². The standard InChI is InChI=1S/C10H18N4/c1-4-6-9(11-7-5-2)10-8-12-13-14(10)3/h4,8-9,11H,1,5-7H2,2-3H3. The van der Waals surface area contributed by atoms with E-state index in [1.165, 1.54) is 0 Å². The van der Waals surface area contributed by atoms with Crippen LogP contribution in [0.3, 0.4) is 0 Å². The number of hydrogen-bond acceptors (Lipinski definition) is 3. The molecule has 1 rings (SSSR count). The molecule has 4 nitrogen and oxygen atoms in total. The highest BCUT2D eigenvalue weighted by molar-refractivity contribution is 5.03. The first-order chi connectivity index (χ1) is 6.79. The van der Waals surface area contributed by atoms with Gasteiger partial charge in [0.2, 0.25) is 0 Å². The van der Waals surface area contributed by atoms with E-state index in [0.717, 1.165) is 25.1 Å². The average Bonchev–Trinajstić information content (AvgIpc) is 2.59. The Morgan fingerprint density at radius 3 is 3.00 bits per heavy atom. The van der Waals surface area contributed by atoms with Gasteiger partial charge in [0.05, 0.1) is 17.9 Å². The van der Waals surface area contributed by atoms with Crippen molar-refractivity contribution in [2.45, 2.75) is 25.8 Å². The summed E-state index contributed by atoms with van der Waals surface area (Å²) in [6, 6.07) is 0.285. The molecule has 1 N–H and O–H groups in total. The van der Waals surface area contributed by atoms with Crippen LogP contribution in [0.1, 0.15) is 31.5 Å². The Hall–Kier alpha value is -1.16. The van der Waals surface area contributed by atoms with Gasteiger partial charge in [-0.05, 0) is 19.4 Å². The molecule has 1 atom stereocenters. The number of rotatable bonds is 6. The molecule has 0 aromatic carbocycles. The van der Waals surface area contributed by atoms with E-state index >= 15 is 0 Å². The maximum Gasteiger partial charge on any atom is 0.0756 e. The molecule has 0 bridgehead atoms. The highest BCUT2D eigenvalue weighted by Gasteiger charge is 2.12. The molecule has 0 fully saturated rings. The fourth-order valence-corrected chi connectivity index (χ4v) is 1.41. The highest BCUT2D eigenvalue weighted by Crippen LogP contribution is 2.14. The molecule has 0 aliphatic carbocycles. The Morgan fingerprint density at radius 1 is 1.71 bits per heavy atom. The maximum atomic E-state index is 3.92. The van der Waals surface area contributed by atoms with Crippen LogP contribution in [-0.4, -0.2) is 21.5 Å². The summed E-state index contributed by atoms with van der Waals surface area (Å²) in [5.41, 5.74) is 1.11. The predicted octanol–water partition coefficient (Wildman–Crippen LogP) is 1.43. The Bertz CT molecular complexity index is 279. The fourth-order valence-electron chi connectivity index (χ4n) is 1.41. The van der Waals surface area contributed by atoms with E-state index in [1.807, 2.05) is 13.1 Å². The third-order valence-electron chi connectivity index (χ3n) is 2.15. The summed E-state index contributed by atoms with van der Waals surface area (Å²) in [6.07, 6.45) is 5.75. The topological polar surface area (TPSA) is 42.7 Å². The van der Waals surface area contributed by atoms with E-state index in [9.17, 15) is 0 Å². The third-order valence-corrected chi connectivity index (χ3v) is 2.15. The molecule has 0 radical (unpaired) electrons. The Morgan fingerprint density at radius 2 is 2.50 bits per heavy atom. The quantitative estimate of drug-likeness (QED) is 0.697. The van der Waals surface area contributed by atoms with Crippen molar-refractivity contribution in [1.29, 1.82) is 0 Å². The van der Waals surface area contributed by atoms with Crippen LogP contribution in [0.2, 0.25) is 0 Å². The summed E-state index contributed by atoms with van der Waals surface area (Å²) in [5, 5.41) is 11.2. The van der Waals surface area contributed by atoms with Crippen LogP contribution in [0, 0.1) is 0 Å². The summed E-state index contributed by atoms with van der Waals surface area (Å²) in [5.74, 6) is 0. The van der Waals surface area contributed by atoms with Crippen LogP contribution in [0.4, 0.5) is 0 Å². The molecular weight excluding hydrogens is 176 g/mol. The summed E-state index contributed by atoms with van der Waals surface area (Å²) in [7, 11) is 1.91. The molecule has 4 heteroatoms. The van der Waals surface area contributed by atoms with Gasteiger partial charge in [0, 0.05) is 7.05 Å². The van der Waals surface area contributed by atoms with Crippen molar-refractivity contribution in [2.24, 2.45) is 7.05 Å². The van der Waals surface area contributed by atoms with Crippen LogP contribution in [-0.2, 0) is 7.05 Å². The average molecular weight is 194 g/mol. The lowest BCUT2D eigenvalue weighted by molar-refractivity contribution is 0.499. The lowest BCUT2D eigenvalue weighted by Gasteiger charge is -2.15. The van der Waals surface area contributed by atoms with E-state index in [2.05, 4.69) is 29.1 Å². The molecule has 0 aliphatic heterocycles. The van der Waals surface area contributed by atoms with Crippen molar-refractivity contribution in [3.8, 4) is 0 Å². The zero-order valence-corrected chi connectivity index (χ0v) is 8.90. The first-order valence-electron chi connectivity index (χ1n) is 4.98. The number of aryl methyl sites for hydroxylation is 1. The minimum absolute atomic E-state index is 0.285. The monoisotopic (exact) mass is 194 g/mol. The second-order valence-electron chi connectivity index (χ2n) is 3.31. The molecule has 1 aromatic heterocycles. The normalized spacial score (nSPS) is 12.7. The summed E-state index contributed by atoms with van der Waals surface area (Å²) in [6.45, 7) is 6.91. The maximum absolute atomic E-state index is 3.92. The smallest absolute Gasteiger partial charge is 0.0756 e. The van der Waals surface area contributed by atoms with Crippen LogP contribution in [0.15, 0.2) is 18.9 Å². The van der Waals surface area contributed by atoms with Gasteiger partial charge >= 0.3 is 0 Å². The van der Waals surface area contributed by atoms with E-state index in [-0.39, 0.29) is 6.04 Å². The van der Waals surface area contributed by atoms with Crippen molar-refractivity contribution in [3.05, 3.63) is 24.5 Å². The third kappa shape index (κ3) is 2.67. The summed E-state index contributed by atoms with van der Waals surface area (Å²) < 4.78 is 1.80. The highest BCUT2D eigenvalue weighted by atomic mass is 15.4. The van der Waals surface area contributed by atoms with Crippen molar-refractivity contribution in [3.63, 3.8) is 0 Å². The molecule has 0 aliphatic rings. The van der Waals surface area contributed by atoms with Crippen LogP contribution in [0.25, 0.3) is 0 Å². The number of nitrogens with one attached hydrogen (secondary N) is 1. The Labute approximate surface area is 85.0 Å². The molecule has 1 heterocycles. The number of hydrogen-bond donors (Lipinski definition) is 1. The summed E-state index contributed by atoms with van der Waals surface area (Å²) >= 11 is 0. The number of nitrogens with zero attached hydrogens (tertiary/aromatic N) is 3. The van der Waals surface area contributed by atoms with Gasteiger partial charge in [-0.25, -0.2) is 0 Å². The van der Waals surface area contributed by atoms with E-state index in [1.54, 1.807) is 10.9 Å². The molecule has 1 aromatic rings. The predicted molar refractivity (Wildman–Crippen MR) is 56.9 cm³/mol. The van der Waals surface area contributed by atoms with Gasteiger partial charge in [0.1, 0.15) is 0 Å². The fraction of sp³-hybridized carbons (Fsp3) is 0.600. The lowest BCUT2D eigenvalue weighted by atomic mass is 10.1. The van der Waals surface area contributed by atoms with Crippen molar-refractivity contribution >= 4 is 0 Å².